The maximum absolute atomic E-state index is 9.51. The van der Waals surface area contributed by atoms with Crippen LogP contribution in [-0.4, -0.2) is 53.8 Å². The number of aliphatic hydroxyl groups excluding tert-OH is 1. The van der Waals surface area contributed by atoms with Crippen molar-refractivity contribution in [2.24, 2.45) is 0 Å². The lowest BCUT2D eigenvalue weighted by Crippen LogP contribution is -2.52. The van der Waals surface area contributed by atoms with Crippen LogP contribution in [0.2, 0.25) is 0 Å². The molecule has 1 heterocycles. The fraction of sp³-hybridized carbons (Fsp3) is 0.455. The lowest BCUT2D eigenvalue weighted by Gasteiger charge is -2.41. The zero-order valence-corrected chi connectivity index (χ0v) is 15.7. The third kappa shape index (κ3) is 5.31. The van der Waals surface area contributed by atoms with Crippen LogP contribution in [0.15, 0.2) is 54.6 Å². The van der Waals surface area contributed by atoms with E-state index < -0.39 is 0 Å². The van der Waals surface area contributed by atoms with E-state index in [4.69, 9.17) is 4.74 Å². The summed E-state index contributed by atoms with van der Waals surface area (Å²) in [5.74, 6) is 0.944. The maximum Gasteiger partial charge on any atom is 0.119 e. The summed E-state index contributed by atoms with van der Waals surface area (Å²) in [5.41, 5.74) is 2.63. The first-order chi connectivity index (χ1) is 12.8. The fourth-order valence-corrected chi connectivity index (χ4v) is 3.71. The molecule has 4 nitrogen and oxygen atoms in total. The number of aliphatic hydroxyl groups is 1. The molecule has 1 aliphatic rings. The average molecular weight is 354 g/mol. The van der Waals surface area contributed by atoms with Crippen molar-refractivity contribution < 1.29 is 9.84 Å². The minimum absolute atomic E-state index is 0.240. The van der Waals surface area contributed by atoms with Crippen molar-refractivity contribution in [3.05, 3.63) is 65.7 Å². The summed E-state index contributed by atoms with van der Waals surface area (Å²) >= 11 is 0. The Labute approximate surface area is 157 Å². The molecule has 4 heteroatoms. The molecule has 3 rings (SSSR count). The predicted molar refractivity (Wildman–Crippen MR) is 105 cm³/mol. The molecule has 0 saturated carbocycles. The van der Waals surface area contributed by atoms with Crippen LogP contribution in [0.25, 0.3) is 0 Å². The topological polar surface area (TPSA) is 35.9 Å². The Balaban J connectivity index is 1.61. The molecular weight excluding hydrogens is 324 g/mol. The molecule has 0 amide bonds. The van der Waals surface area contributed by atoms with E-state index in [1.807, 2.05) is 13.0 Å². The highest BCUT2D eigenvalue weighted by molar-refractivity contribution is 5.28. The smallest absolute Gasteiger partial charge is 0.119 e. The summed E-state index contributed by atoms with van der Waals surface area (Å²) in [4.78, 5) is 5.01. The van der Waals surface area contributed by atoms with Crippen molar-refractivity contribution in [3.63, 3.8) is 0 Å². The normalized spacial score (nSPS) is 18.8. The van der Waals surface area contributed by atoms with Crippen LogP contribution in [0, 0.1) is 0 Å². The summed E-state index contributed by atoms with van der Waals surface area (Å²) in [7, 11) is 0. The first kappa shape index (κ1) is 18.9. The summed E-state index contributed by atoms with van der Waals surface area (Å²) in [6.07, 6.45) is 0.822. The minimum atomic E-state index is 0.240. The second-order valence-electron chi connectivity index (χ2n) is 6.94. The standard InChI is InChI=1S/C22H30N2O2/c1-2-26-22-10-6-9-20(15-22)16-23-12-13-24(21(18-23)11-14-25)17-19-7-4-3-5-8-19/h3-10,15,21,25H,2,11-14,16-18H2,1H3/t21-/m1/s1. The van der Waals surface area contributed by atoms with Gasteiger partial charge in [0.25, 0.3) is 0 Å². The van der Waals surface area contributed by atoms with Crippen LogP contribution in [0.4, 0.5) is 0 Å². The number of hydrogen-bond acceptors (Lipinski definition) is 4. The Morgan fingerprint density at radius 3 is 2.58 bits per heavy atom. The zero-order valence-electron chi connectivity index (χ0n) is 15.7. The van der Waals surface area contributed by atoms with Gasteiger partial charge < -0.3 is 9.84 Å². The molecule has 0 unspecified atom stereocenters. The van der Waals surface area contributed by atoms with Crippen LogP contribution in [0.1, 0.15) is 24.5 Å². The van der Waals surface area contributed by atoms with Gasteiger partial charge in [-0.25, -0.2) is 0 Å². The van der Waals surface area contributed by atoms with Gasteiger partial charge in [0, 0.05) is 45.4 Å². The zero-order chi connectivity index (χ0) is 18.2. The van der Waals surface area contributed by atoms with Crippen molar-refractivity contribution in [1.29, 1.82) is 0 Å². The third-order valence-electron chi connectivity index (χ3n) is 5.00. The second kappa shape index (κ2) is 9.72. The van der Waals surface area contributed by atoms with Gasteiger partial charge in [0.05, 0.1) is 6.61 Å². The highest BCUT2D eigenvalue weighted by Crippen LogP contribution is 2.20. The Hall–Kier alpha value is -1.88. The SMILES string of the molecule is CCOc1cccc(CN2CCN(Cc3ccccc3)[C@H](CCO)C2)c1. The lowest BCUT2D eigenvalue weighted by molar-refractivity contribution is 0.0499. The van der Waals surface area contributed by atoms with E-state index in [0.717, 1.165) is 44.9 Å². The summed E-state index contributed by atoms with van der Waals surface area (Å²) < 4.78 is 5.62. The van der Waals surface area contributed by atoms with Crippen molar-refractivity contribution in [2.75, 3.05) is 32.8 Å². The summed E-state index contributed by atoms with van der Waals surface area (Å²) in [5, 5.41) is 9.51. The molecule has 0 spiro atoms. The molecule has 1 atom stereocenters. The van der Waals surface area contributed by atoms with E-state index in [1.54, 1.807) is 0 Å². The molecule has 2 aromatic carbocycles. The number of nitrogens with zero attached hydrogens (tertiary/aromatic N) is 2. The molecule has 1 aliphatic heterocycles. The van der Waals surface area contributed by atoms with E-state index in [9.17, 15) is 5.11 Å². The molecule has 1 fully saturated rings. The van der Waals surface area contributed by atoms with E-state index in [0.29, 0.717) is 12.6 Å². The van der Waals surface area contributed by atoms with Crippen molar-refractivity contribution in [3.8, 4) is 5.75 Å². The fourth-order valence-electron chi connectivity index (χ4n) is 3.71. The molecule has 1 N–H and O–H groups in total. The average Bonchev–Trinajstić information content (AvgIpc) is 2.66. The van der Waals surface area contributed by atoms with Gasteiger partial charge in [0.15, 0.2) is 0 Å². The molecule has 26 heavy (non-hydrogen) atoms. The van der Waals surface area contributed by atoms with Crippen LogP contribution in [-0.2, 0) is 13.1 Å². The highest BCUT2D eigenvalue weighted by Gasteiger charge is 2.26. The van der Waals surface area contributed by atoms with E-state index in [2.05, 4.69) is 58.3 Å². The first-order valence-electron chi connectivity index (χ1n) is 9.61. The molecule has 140 valence electrons. The number of benzene rings is 2. The number of piperazine rings is 1. The molecule has 0 bridgehead atoms. The number of ether oxygens (including phenoxy) is 1. The van der Waals surface area contributed by atoms with E-state index >= 15 is 0 Å². The van der Waals surface area contributed by atoms with Gasteiger partial charge in [0.2, 0.25) is 0 Å². The Bertz CT molecular complexity index is 662. The summed E-state index contributed by atoms with van der Waals surface area (Å²) in [6, 6.07) is 19.4. The largest absolute Gasteiger partial charge is 0.494 e. The molecular formula is C22H30N2O2. The van der Waals surface area contributed by atoms with E-state index in [1.165, 1.54) is 11.1 Å². The van der Waals surface area contributed by atoms with Crippen LogP contribution < -0.4 is 4.74 Å². The van der Waals surface area contributed by atoms with E-state index in [-0.39, 0.29) is 6.61 Å². The first-order valence-corrected chi connectivity index (χ1v) is 9.61. The number of hydrogen-bond donors (Lipinski definition) is 1. The minimum Gasteiger partial charge on any atom is -0.494 e. The monoisotopic (exact) mass is 354 g/mol. The van der Waals surface area contributed by atoms with Crippen molar-refractivity contribution >= 4 is 0 Å². The second-order valence-corrected chi connectivity index (χ2v) is 6.94. The molecule has 0 aromatic heterocycles. The Morgan fingerprint density at radius 1 is 1.00 bits per heavy atom. The predicted octanol–water partition coefficient (Wildman–Crippen LogP) is 3.15. The molecule has 0 radical (unpaired) electrons. The quantitative estimate of drug-likeness (QED) is 0.790. The highest BCUT2D eigenvalue weighted by atomic mass is 16.5. The number of rotatable bonds is 8. The van der Waals surface area contributed by atoms with Gasteiger partial charge in [0.1, 0.15) is 5.75 Å². The molecule has 1 saturated heterocycles. The van der Waals surface area contributed by atoms with Crippen molar-refractivity contribution in [2.45, 2.75) is 32.5 Å². The van der Waals surface area contributed by atoms with Gasteiger partial charge >= 0.3 is 0 Å². The van der Waals surface area contributed by atoms with Crippen LogP contribution >= 0.6 is 0 Å². The maximum atomic E-state index is 9.51. The lowest BCUT2D eigenvalue weighted by atomic mass is 10.1. The van der Waals surface area contributed by atoms with Crippen molar-refractivity contribution in [1.82, 2.24) is 9.80 Å². The van der Waals surface area contributed by atoms with Gasteiger partial charge in [-0.3, -0.25) is 9.80 Å². The van der Waals surface area contributed by atoms with Crippen LogP contribution in [0.5, 0.6) is 5.75 Å². The molecule has 0 aliphatic carbocycles. The molecule has 2 aromatic rings. The van der Waals surface area contributed by atoms with Gasteiger partial charge in [-0.15, -0.1) is 0 Å². The van der Waals surface area contributed by atoms with Gasteiger partial charge in [-0.1, -0.05) is 42.5 Å². The van der Waals surface area contributed by atoms with Gasteiger partial charge in [-0.2, -0.15) is 0 Å². The Kier molecular flexibility index (Phi) is 7.06. The van der Waals surface area contributed by atoms with Gasteiger partial charge in [-0.05, 0) is 36.6 Å². The third-order valence-corrected chi connectivity index (χ3v) is 5.00. The van der Waals surface area contributed by atoms with Crippen LogP contribution in [0.3, 0.4) is 0 Å². The summed E-state index contributed by atoms with van der Waals surface area (Å²) in [6.45, 7) is 7.91. The Morgan fingerprint density at radius 2 is 1.81 bits per heavy atom.